The Kier molecular flexibility index (Phi) is 6.45. The van der Waals surface area contributed by atoms with Crippen LogP contribution < -0.4 is 14.2 Å². The lowest BCUT2D eigenvalue weighted by molar-refractivity contribution is -0.141. The minimum Gasteiger partial charge on any atom is -0.489 e. The Hall–Kier alpha value is -3.12. The van der Waals surface area contributed by atoms with Crippen LogP contribution in [0.3, 0.4) is 0 Å². The van der Waals surface area contributed by atoms with Crippen LogP contribution in [0, 0.1) is 5.82 Å². The molecule has 0 fully saturated rings. The van der Waals surface area contributed by atoms with Crippen molar-refractivity contribution < 1.29 is 23.4 Å². The molecular formula is C21H17ClFNO4. The second kappa shape index (κ2) is 9.19. The maximum Gasteiger partial charge on any atom is 0.352 e. The van der Waals surface area contributed by atoms with E-state index in [0.29, 0.717) is 18.1 Å². The van der Waals surface area contributed by atoms with Gasteiger partial charge in [0.25, 0.3) is 0 Å². The van der Waals surface area contributed by atoms with Crippen molar-refractivity contribution in [2.75, 3.05) is 0 Å². The summed E-state index contributed by atoms with van der Waals surface area (Å²) in [6.07, 6.45) is 2.47. The molecule has 0 saturated heterocycles. The van der Waals surface area contributed by atoms with Crippen LogP contribution in [0.15, 0.2) is 67.0 Å². The van der Waals surface area contributed by atoms with Gasteiger partial charge in [-0.05, 0) is 67.1 Å². The van der Waals surface area contributed by atoms with Crippen molar-refractivity contribution in [3.8, 4) is 17.2 Å². The molecule has 1 aromatic heterocycles. The van der Waals surface area contributed by atoms with Gasteiger partial charge in [-0.2, -0.15) is 0 Å². The molecule has 3 rings (SSSR count). The number of carbonyl (C=O) groups excluding carboxylic acids is 1. The number of esters is 1. The van der Waals surface area contributed by atoms with Crippen LogP contribution in [0.2, 0.25) is 5.02 Å². The number of aromatic nitrogens is 1. The number of carbonyl (C=O) groups is 1. The maximum atomic E-state index is 13.1. The summed E-state index contributed by atoms with van der Waals surface area (Å²) in [4.78, 5) is 16.1. The molecule has 1 atom stereocenters. The van der Waals surface area contributed by atoms with E-state index in [9.17, 15) is 9.18 Å². The molecule has 5 nitrogen and oxygen atoms in total. The van der Waals surface area contributed by atoms with Crippen molar-refractivity contribution in [1.82, 2.24) is 4.98 Å². The smallest absolute Gasteiger partial charge is 0.352 e. The Morgan fingerprint density at radius 3 is 2.43 bits per heavy atom. The van der Waals surface area contributed by atoms with Gasteiger partial charge in [-0.1, -0.05) is 11.6 Å². The average molecular weight is 402 g/mol. The quantitative estimate of drug-likeness (QED) is 0.419. The van der Waals surface area contributed by atoms with Gasteiger partial charge in [0.1, 0.15) is 29.7 Å². The van der Waals surface area contributed by atoms with Gasteiger partial charge in [0.15, 0.2) is 6.10 Å². The van der Waals surface area contributed by atoms with Gasteiger partial charge in [0.2, 0.25) is 0 Å². The number of benzene rings is 2. The fourth-order valence-corrected chi connectivity index (χ4v) is 2.47. The number of hydrogen-bond acceptors (Lipinski definition) is 5. The van der Waals surface area contributed by atoms with Crippen LogP contribution in [-0.2, 0) is 11.4 Å². The van der Waals surface area contributed by atoms with E-state index < -0.39 is 17.9 Å². The molecule has 0 aliphatic heterocycles. The first kappa shape index (κ1) is 19.6. The third kappa shape index (κ3) is 5.44. The molecule has 0 spiro atoms. The van der Waals surface area contributed by atoms with Gasteiger partial charge < -0.3 is 14.2 Å². The summed E-state index contributed by atoms with van der Waals surface area (Å²) in [7, 11) is 0. The lowest BCUT2D eigenvalue weighted by Gasteiger charge is -2.15. The highest BCUT2D eigenvalue weighted by Crippen LogP contribution is 2.26. The Balaban J connectivity index is 1.53. The Morgan fingerprint density at radius 2 is 1.75 bits per heavy atom. The Bertz CT molecular complexity index is 935. The number of pyridine rings is 1. The molecule has 0 amide bonds. The second-order valence-electron chi connectivity index (χ2n) is 5.87. The first-order valence-electron chi connectivity index (χ1n) is 8.46. The maximum absolute atomic E-state index is 13.1. The number of halogens is 2. The highest BCUT2D eigenvalue weighted by molar-refractivity contribution is 6.32. The molecule has 0 radical (unpaired) electrons. The summed E-state index contributed by atoms with van der Waals surface area (Å²) in [6.45, 7) is 1.93. The van der Waals surface area contributed by atoms with Crippen molar-refractivity contribution in [1.29, 1.82) is 0 Å². The van der Waals surface area contributed by atoms with Crippen molar-refractivity contribution in [2.24, 2.45) is 0 Å². The normalized spacial score (nSPS) is 11.5. The molecule has 28 heavy (non-hydrogen) atoms. The van der Waals surface area contributed by atoms with Crippen LogP contribution >= 0.6 is 11.6 Å². The van der Waals surface area contributed by atoms with Gasteiger partial charge in [-0.15, -0.1) is 0 Å². The molecular weight excluding hydrogens is 385 g/mol. The summed E-state index contributed by atoms with van der Waals surface area (Å²) in [6, 6.07) is 14.0. The summed E-state index contributed by atoms with van der Waals surface area (Å²) in [5, 5.41) is 0.0790. The molecule has 0 aliphatic rings. The zero-order chi connectivity index (χ0) is 19.9. The molecule has 3 aromatic rings. The zero-order valence-electron chi connectivity index (χ0n) is 15.0. The van der Waals surface area contributed by atoms with Crippen molar-refractivity contribution in [3.63, 3.8) is 0 Å². The number of hydrogen-bond donors (Lipinski definition) is 0. The Labute approximate surface area is 166 Å². The van der Waals surface area contributed by atoms with E-state index in [0.717, 1.165) is 11.6 Å². The molecule has 0 aliphatic carbocycles. The molecule has 0 N–H and O–H groups in total. The van der Waals surface area contributed by atoms with Crippen molar-refractivity contribution >= 4 is 17.6 Å². The highest BCUT2D eigenvalue weighted by atomic mass is 35.5. The fourth-order valence-electron chi connectivity index (χ4n) is 2.26. The Morgan fingerprint density at radius 1 is 1.07 bits per heavy atom. The third-order valence-electron chi connectivity index (χ3n) is 3.73. The molecule has 1 unspecified atom stereocenters. The van der Waals surface area contributed by atoms with Crippen LogP contribution in [0.1, 0.15) is 12.5 Å². The summed E-state index contributed by atoms with van der Waals surface area (Å²) >= 11 is 5.90. The van der Waals surface area contributed by atoms with Gasteiger partial charge in [0.05, 0.1) is 5.02 Å². The molecule has 0 bridgehead atoms. The average Bonchev–Trinajstić information content (AvgIpc) is 2.70. The first-order chi connectivity index (χ1) is 13.5. The van der Waals surface area contributed by atoms with Crippen LogP contribution in [0.4, 0.5) is 4.39 Å². The van der Waals surface area contributed by atoms with E-state index in [2.05, 4.69) is 4.98 Å². The van der Waals surface area contributed by atoms with Crippen molar-refractivity contribution in [2.45, 2.75) is 19.6 Å². The second-order valence-corrected chi connectivity index (χ2v) is 6.28. The van der Waals surface area contributed by atoms with E-state index in [1.807, 2.05) is 12.1 Å². The largest absolute Gasteiger partial charge is 0.489 e. The van der Waals surface area contributed by atoms with E-state index in [-0.39, 0.29) is 10.8 Å². The van der Waals surface area contributed by atoms with Crippen LogP contribution in [0.5, 0.6) is 17.2 Å². The van der Waals surface area contributed by atoms with E-state index in [1.54, 1.807) is 36.7 Å². The molecule has 1 heterocycles. The minimum atomic E-state index is -0.925. The van der Waals surface area contributed by atoms with Gasteiger partial charge >= 0.3 is 5.97 Å². The lowest BCUT2D eigenvalue weighted by Crippen LogP contribution is -2.28. The van der Waals surface area contributed by atoms with Gasteiger partial charge in [0, 0.05) is 12.4 Å². The predicted octanol–water partition coefficient (Wildman–Crippen LogP) is 4.83. The molecule has 7 heteroatoms. The highest BCUT2D eigenvalue weighted by Gasteiger charge is 2.19. The van der Waals surface area contributed by atoms with Crippen LogP contribution in [-0.4, -0.2) is 17.1 Å². The SMILES string of the molecule is CC(Oc1ccc(F)cc1Cl)C(=O)Oc1ccc(OCc2ccncc2)cc1. The topological polar surface area (TPSA) is 57.7 Å². The number of ether oxygens (including phenoxy) is 3. The summed E-state index contributed by atoms with van der Waals surface area (Å²) in [5.74, 6) is 0.0953. The van der Waals surface area contributed by atoms with Crippen molar-refractivity contribution in [3.05, 3.63) is 83.4 Å². The lowest BCUT2D eigenvalue weighted by atomic mass is 10.3. The molecule has 2 aromatic carbocycles. The van der Waals surface area contributed by atoms with Gasteiger partial charge in [-0.25, -0.2) is 9.18 Å². The van der Waals surface area contributed by atoms with E-state index >= 15 is 0 Å². The fraction of sp³-hybridized carbons (Fsp3) is 0.143. The third-order valence-corrected chi connectivity index (χ3v) is 4.02. The van der Waals surface area contributed by atoms with E-state index in [4.69, 9.17) is 25.8 Å². The number of rotatable bonds is 7. The zero-order valence-corrected chi connectivity index (χ0v) is 15.7. The van der Waals surface area contributed by atoms with Crippen LogP contribution in [0.25, 0.3) is 0 Å². The van der Waals surface area contributed by atoms with Gasteiger partial charge in [-0.3, -0.25) is 4.98 Å². The van der Waals surface area contributed by atoms with E-state index in [1.165, 1.54) is 19.1 Å². The summed E-state index contributed by atoms with van der Waals surface area (Å²) < 4.78 is 29.5. The molecule has 0 saturated carbocycles. The molecule has 144 valence electrons. The standard InChI is InChI=1S/C21H17ClFNO4/c1-14(27-20-7-2-16(23)12-19(20)22)21(25)28-18-5-3-17(4-6-18)26-13-15-8-10-24-11-9-15/h2-12,14H,13H2,1H3. The minimum absolute atomic E-state index is 0.0790. The summed E-state index contributed by atoms with van der Waals surface area (Å²) in [5.41, 5.74) is 0.996. The predicted molar refractivity (Wildman–Crippen MR) is 102 cm³/mol. The monoisotopic (exact) mass is 401 g/mol. The first-order valence-corrected chi connectivity index (χ1v) is 8.84. The number of nitrogens with zero attached hydrogens (tertiary/aromatic N) is 1.